The summed E-state index contributed by atoms with van der Waals surface area (Å²) in [4.78, 5) is 16.7. The predicted octanol–water partition coefficient (Wildman–Crippen LogP) is 1.64. The largest absolute Gasteiger partial charge is 0.406 e. The molecule has 1 N–H and O–H groups in total. The Balaban J connectivity index is 2.32. The molecule has 0 saturated heterocycles. The van der Waals surface area contributed by atoms with Crippen molar-refractivity contribution >= 4 is 11.6 Å². The molecule has 1 amide bonds. The van der Waals surface area contributed by atoms with Gasteiger partial charge in [-0.05, 0) is 19.1 Å². The van der Waals surface area contributed by atoms with Crippen molar-refractivity contribution in [1.29, 1.82) is 0 Å². The number of aliphatic hydroxyl groups is 1. The van der Waals surface area contributed by atoms with Crippen LogP contribution in [0.1, 0.15) is 16.2 Å². The van der Waals surface area contributed by atoms with Crippen LogP contribution in [0.2, 0.25) is 0 Å². The number of aromatic nitrogens is 2. The number of carbonyl (C=O) groups excluding carboxylic acids is 1. The number of carbonyl (C=O) groups is 1. The summed E-state index contributed by atoms with van der Waals surface area (Å²) in [7, 11) is 0. The van der Waals surface area contributed by atoms with E-state index in [9.17, 15) is 18.0 Å². The van der Waals surface area contributed by atoms with Crippen LogP contribution in [0.5, 0.6) is 0 Å². The van der Waals surface area contributed by atoms with Crippen LogP contribution in [-0.2, 0) is 0 Å². The third-order valence-corrected chi connectivity index (χ3v) is 2.94. The van der Waals surface area contributed by atoms with E-state index in [1.165, 1.54) is 6.20 Å². The number of nitrogens with zero attached hydrogens (tertiary/aromatic N) is 3. The normalized spacial score (nSPS) is 11.9. The fourth-order valence-electron chi connectivity index (χ4n) is 2.00. The third-order valence-electron chi connectivity index (χ3n) is 2.94. The van der Waals surface area contributed by atoms with E-state index in [2.05, 4.69) is 4.98 Å². The molecule has 0 saturated carbocycles. The zero-order valence-electron chi connectivity index (χ0n) is 11.3. The number of pyridine rings is 1. The van der Waals surface area contributed by atoms with Gasteiger partial charge in [0.1, 0.15) is 17.9 Å². The van der Waals surface area contributed by atoms with E-state index < -0.39 is 31.8 Å². The molecule has 8 heteroatoms. The van der Waals surface area contributed by atoms with Crippen molar-refractivity contribution in [1.82, 2.24) is 14.3 Å². The fraction of sp³-hybridized carbons (Fsp3) is 0.385. The van der Waals surface area contributed by atoms with Crippen molar-refractivity contribution < 1.29 is 23.1 Å². The monoisotopic (exact) mass is 301 g/mol. The second-order valence-electron chi connectivity index (χ2n) is 4.59. The molecular weight excluding hydrogens is 287 g/mol. The molecule has 2 rings (SSSR count). The molecule has 2 heterocycles. The van der Waals surface area contributed by atoms with Crippen LogP contribution < -0.4 is 0 Å². The van der Waals surface area contributed by atoms with Crippen LogP contribution in [0.25, 0.3) is 5.65 Å². The molecule has 2 aromatic rings. The quantitative estimate of drug-likeness (QED) is 0.934. The van der Waals surface area contributed by atoms with Crippen molar-refractivity contribution in [3.63, 3.8) is 0 Å². The number of aryl methyl sites for hydroxylation is 1. The Kier molecular flexibility index (Phi) is 4.17. The highest BCUT2D eigenvalue weighted by Crippen LogP contribution is 2.18. The Morgan fingerprint density at radius 1 is 1.43 bits per heavy atom. The molecule has 0 spiro atoms. The van der Waals surface area contributed by atoms with E-state index in [-0.39, 0.29) is 5.69 Å². The molecule has 5 nitrogen and oxygen atoms in total. The summed E-state index contributed by atoms with van der Waals surface area (Å²) >= 11 is 0. The molecule has 0 unspecified atom stereocenters. The summed E-state index contributed by atoms with van der Waals surface area (Å²) in [5, 5.41) is 8.83. The van der Waals surface area contributed by atoms with Crippen LogP contribution in [0.4, 0.5) is 13.2 Å². The summed E-state index contributed by atoms with van der Waals surface area (Å²) in [6, 6.07) is 5.20. The van der Waals surface area contributed by atoms with Gasteiger partial charge in [0.25, 0.3) is 5.91 Å². The van der Waals surface area contributed by atoms with Crippen molar-refractivity contribution in [3.05, 3.63) is 35.8 Å². The maximum Gasteiger partial charge on any atom is 0.406 e. The highest BCUT2D eigenvalue weighted by Gasteiger charge is 2.33. The van der Waals surface area contributed by atoms with E-state index in [0.717, 1.165) is 5.69 Å². The van der Waals surface area contributed by atoms with Crippen molar-refractivity contribution in [2.75, 3.05) is 19.7 Å². The lowest BCUT2D eigenvalue weighted by Crippen LogP contribution is -2.40. The molecule has 2 aromatic heterocycles. The minimum atomic E-state index is -4.53. The number of amides is 1. The highest BCUT2D eigenvalue weighted by molar-refractivity contribution is 5.93. The van der Waals surface area contributed by atoms with Gasteiger partial charge in [0.15, 0.2) is 0 Å². The number of imidazole rings is 1. The second-order valence-corrected chi connectivity index (χ2v) is 4.59. The van der Waals surface area contributed by atoms with Gasteiger partial charge in [-0.3, -0.25) is 4.79 Å². The molecule has 21 heavy (non-hydrogen) atoms. The van der Waals surface area contributed by atoms with Gasteiger partial charge in [-0.1, -0.05) is 6.07 Å². The first kappa shape index (κ1) is 15.3. The maximum atomic E-state index is 12.5. The van der Waals surface area contributed by atoms with Gasteiger partial charge < -0.3 is 14.4 Å². The minimum Gasteiger partial charge on any atom is -0.395 e. The molecule has 0 aromatic carbocycles. The number of alkyl halides is 3. The zero-order chi connectivity index (χ0) is 15.6. The molecule has 0 aliphatic carbocycles. The van der Waals surface area contributed by atoms with Crippen LogP contribution in [0.15, 0.2) is 24.4 Å². The van der Waals surface area contributed by atoms with Gasteiger partial charge >= 0.3 is 6.18 Å². The molecule has 0 aliphatic rings. The lowest BCUT2D eigenvalue weighted by atomic mass is 10.3. The smallest absolute Gasteiger partial charge is 0.395 e. The van der Waals surface area contributed by atoms with Gasteiger partial charge in [0.2, 0.25) is 0 Å². The fourth-order valence-corrected chi connectivity index (χ4v) is 2.00. The van der Waals surface area contributed by atoms with E-state index in [0.29, 0.717) is 10.5 Å². The van der Waals surface area contributed by atoms with E-state index in [1.807, 2.05) is 0 Å². The SMILES string of the molecule is Cc1cccc2nc(C(=O)N(CCO)CC(F)(F)F)cn12. The van der Waals surface area contributed by atoms with Gasteiger partial charge in [-0.25, -0.2) is 4.98 Å². The molecule has 0 atom stereocenters. The standard InChI is InChI=1S/C13H14F3N3O2/c1-9-3-2-4-11-17-10(7-19(9)11)12(21)18(5-6-20)8-13(14,15)16/h2-4,7,20H,5-6,8H2,1H3. The highest BCUT2D eigenvalue weighted by atomic mass is 19.4. The molecular formula is C13H14F3N3O2. The van der Waals surface area contributed by atoms with E-state index >= 15 is 0 Å². The average Bonchev–Trinajstić information content (AvgIpc) is 2.81. The van der Waals surface area contributed by atoms with Crippen LogP contribution >= 0.6 is 0 Å². The van der Waals surface area contributed by atoms with Crippen LogP contribution in [0, 0.1) is 6.92 Å². The Labute approximate surface area is 118 Å². The second kappa shape index (κ2) is 5.72. The van der Waals surface area contributed by atoms with Crippen LogP contribution in [0.3, 0.4) is 0 Å². The van der Waals surface area contributed by atoms with Crippen molar-refractivity contribution in [2.24, 2.45) is 0 Å². The topological polar surface area (TPSA) is 57.8 Å². The molecule has 0 radical (unpaired) electrons. The van der Waals surface area contributed by atoms with Gasteiger partial charge in [-0.2, -0.15) is 13.2 Å². The number of hydrogen-bond acceptors (Lipinski definition) is 3. The Hall–Kier alpha value is -2.09. The van der Waals surface area contributed by atoms with Gasteiger partial charge in [-0.15, -0.1) is 0 Å². The zero-order valence-corrected chi connectivity index (χ0v) is 11.3. The van der Waals surface area contributed by atoms with Crippen molar-refractivity contribution in [2.45, 2.75) is 13.1 Å². The molecule has 114 valence electrons. The summed E-state index contributed by atoms with van der Waals surface area (Å²) < 4.78 is 39.0. The molecule has 0 bridgehead atoms. The van der Waals surface area contributed by atoms with E-state index in [1.54, 1.807) is 29.5 Å². The predicted molar refractivity (Wildman–Crippen MR) is 69.0 cm³/mol. The number of aliphatic hydroxyl groups excluding tert-OH is 1. The van der Waals surface area contributed by atoms with Gasteiger partial charge in [0.05, 0.1) is 6.61 Å². The van der Waals surface area contributed by atoms with Gasteiger partial charge in [0, 0.05) is 18.4 Å². The number of rotatable bonds is 4. The number of hydrogen-bond donors (Lipinski definition) is 1. The Morgan fingerprint density at radius 3 is 2.71 bits per heavy atom. The Bertz CT molecular complexity index is 652. The maximum absolute atomic E-state index is 12.5. The lowest BCUT2D eigenvalue weighted by Gasteiger charge is -2.21. The first-order valence-corrected chi connectivity index (χ1v) is 6.23. The summed E-state index contributed by atoms with van der Waals surface area (Å²) in [5.41, 5.74) is 1.21. The van der Waals surface area contributed by atoms with Crippen molar-refractivity contribution in [3.8, 4) is 0 Å². The average molecular weight is 301 g/mol. The first-order chi connectivity index (χ1) is 9.81. The van der Waals surface area contributed by atoms with Crippen LogP contribution in [-0.4, -0.2) is 51.2 Å². The third kappa shape index (κ3) is 3.52. The molecule has 0 fully saturated rings. The Morgan fingerprint density at radius 2 is 2.14 bits per heavy atom. The summed E-state index contributed by atoms with van der Waals surface area (Å²) in [6.45, 7) is -0.567. The summed E-state index contributed by atoms with van der Waals surface area (Å²) in [5.74, 6) is -0.857. The first-order valence-electron chi connectivity index (χ1n) is 6.23. The minimum absolute atomic E-state index is 0.0815. The molecule has 0 aliphatic heterocycles. The summed E-state index contributed by atoms with van der Waals surface area (Å²) in [6.07, 6.45) is -3.13. The number of halogens is 3. The lowest BCUT2D eigenvalue weighted by molar-refractivity contribution is -0.141. The number of fused-ring (bicyclic) bond motifs is 1. The van der Waals surface area contributed by atoms with E-state index in [4.69, 9.17) is 5.11 Å².